The van der Waals surface area contributed by atoms with Crippen molar-refractivity contribution in [3.8, 4) is 0 Å². The van der Waals surface area contributed by atoms with Gasteiger partial charge in [0.25, 0.3) is 15.9 Å². The van der Waals surface area contributed by atoms with Gasteiger partial charge >= 0.3 is 0 Å². The van der Waals surface area contributed by atoms with Crippen LogP contribution >= 0.6 is 34.3 Å². The van der Waals surface area contributed by atoms with E-state index in [1.54, 1.807) is 11.0 Å². The summed E-state index contributed by atoms with van der Waals surface area (Å²) in [6, 6.07) is 3.11. The summed E-state index contributed by atoms with van der Waals surface area (Å²) >= 11 is 8.36. The Bertz CT molecular complexity index is 928. The van der Waals surface area contributed by atoms with Crippen molar-refractivity contribution >= 4 is 50.2 Å². The van der Waals surface area contributed by atoms with Crippen molar-refractivity contribution in [2.24, 2.45) is 5.92 Å². The molecule has 0 unspecified atom stereocenters. The number of piperazine rings is 1. The van der Waals surface area contributed by atoms with Gasteiger partial charge in [-0.15, -0.1) is 22.7 Å². The molecule has 0 saturated carbocycles. The molecule has 0 spiro atoms. The van der Waals surface area contributed by atoms with Crippen LogP contribution in [-0.4, -0.2) is 54.7 Å². The van der Waals surface area contributed by atoms with Gasteiger partial charge in [-0.2, -0.15) is 4.31 Å². The summed E-state index contributed by atoms with van der Waals surface area (Å²) in [4.78, 5) is 19.8. The Hall–Kier alpha value is -1.000. The maximum atomic E-state index is 12.9. The van der Waals surface area contributed by atoms with Gasteiger partial charge in [0.1, 0.15) is 9.09 Å². The molecular weight excluding hydrogens is 426 g/mol. The minimum absolute atomic E-state index is 0.0591. The highest BCUT2D eigenvalue weighted by Gasteiger charge is 2.32. The van der Waals surface area contributed by atoms with Gasteiger partial charge in [-0.05, 0) is 25.0 Å². The highest BCUT2D eigenvalue weighted by Crippen LogP contribution is 2.29. The van der Waals surface area contributed by atoms with Crippen LogP contribution in [0.1, 0.15) is 34.2 Å². The second-order valence-corrected chi connectivity index (χ2v) is 11.8. The summed E-state index contributed by atoms with van der Waals surface area (Å²) in [5, 5.41) is 0.974. The zero-order valence-electron chi connectivity index (χ0n) is 15.4. The fourth-order valence-electron chi connectivity index (χ4n) is 2.93. The Morgan fingerprint density at radius 1 is 1.22 bits per heavy atom. The van der Waals surface area contributed by atoms with Crippen molar-refractivity contribution in [3.63, 3.8) is 0 Å². The van der Waals surface area contributed by atoms with Gasteiger partial charge in [0.2, 0.25) is 0 Å². The quantitative estimate of drug-likeness (QED) is 0.703. The lowest BCUT2D eigenvalue weighted by atomic mass is 10.1. The van der Waals surface area contributed by atoms with Gasteiger partial charge < -0.3 is 4.90 Å². The van der Waals surface area contributed by atoms with Crippen molar-refractivity contribution in [3.05, 3.63) is 32.0 Å². The van der Waals surface area contributed by atoms with Gasteiger partial charge in [-0.3, -0.25) is 4.79 Å². The summed E-state index contributed by atoms with van der Waals surface area (Å²) < 4.78 is 27.5. The molecule has 2 aromatic heterocycles. The molecule has 1 fully saturated rings. The Morgan fingerprint density at radius 3 is 2.44 bits per heavy atom. The number of hydrogen-bond acceptors (Lipinski definition) is 6. The minimum atomic E-state index is -3.55. The molecule has 0 N–H and O–H groups in total. The van der Waals surface area contributed by atoms with Crippen LogP contribution in [0.5, 0.6) is 0 Å². The lowest BCUT2D eigenvalue weighted by molar-refractivity contribution is 0.0702. The summed E-state index contributed by atoms with van der Waals surface area (Å²) in [5.74, 6) is 0.425. The van der Waals surface area contributed by atoms with Gasteiger partial charge in [0, 0.05) is 32.6 Å². The average Bonchev–Trinajstić information content (AvgIpc) is 3.20. The monoisotopic (exact) mass is 447 g/mol. The molecule has 1 aliphatic heterocycles. The van der Waals surface area contributed by atoms with E-state index in [1.165, 1.54) is 21.7 Å². The topological polar surface area (TPSA) is 70.6 Å². The first kappa shape index (κ1) is 20.7. The number of rotatable bonds is 5. The Balaban J connectivity index is 1.67. The number of aromatic nitrogens is 1. The lowest BCUT2D eigenvalue weighted by Crippen LogP contribution is -2.50. The van der Waals surface area contributed by atoms with Crippen molar-refractivity contribution in [2.45, 2.75) is 31.4 Å². The van der Waals surface area contributed by atoms with E-state index in [1.807, 2.05) is 6.92 Å². The Kier molecular flexibility index (Phi) is 6.27. The van der Waals surface area contributed by atoms with E-state index in [0.717, 1.165) is 28.5 Å². The highest BCUT2D eigenvalue weighted by atomic mass is 35.5. The van der Waals surface area contributed by atoms with Crippen LogP contribution in [-0.2, 0) is 16.4 Å². The molecule has 10 heteroatoms. The van der Waals surface area contributed by atoms with Gasteiger partial charge in [0.05, 0.1) is 15.0 Å². The number of carbonyl (C=O) groups is 1. The van der Waals surface area contributed by atoms with Crippen molar-refractivity contribution in [1.29, 1.82) is 0 Å². The third kappa shape index (κ3) is 4.54. The zero-order valence-corrected chi connectivity index (χ0v) is 18.6. The first-order valence-electron chi connectivity index (χ1n) is 8.69. The van der Waals surface area contributed by atoms with Crippen LogP contribution in [0.15, 0.2) is 16.3 Å². The normalized spacial score (nSPS) is 16.3. The van der Waals surface area contributed by atoms with E-state index in [9.17, 15) is 13.2 Å². The molecule has 0 aliphatic carbocycles. The number of sulfonamides is 1. The maximum Gasteiger partial charge on any atom is 0.265 e. The number of thiazole rings is 1. The molecule has 27 heavy (non-hydrogen) atoms. The molecule has 1 amide bonds. The van der Waals surface area contributed by atoms with Crippen molar-refractivity contribution in [1.82, 2.24) is 14.2 Å². The molecule has 1 aliphatic rings. The fourth-order valence-corrected chi connectivity index (χ4v) is 7.23. The highest BCUT2D eigenvalue weighted by molar-refractivity contribution is 7.91. The number of aryl methyl sites for hydroxylation is 1. The standard InChI is InChI=1S/C17H22ClN3O3S3/c1-11(2)10-14-19-12(3)16(26-14)17(22)20-6-8-21(9-7-20)27(23,24)15-5-4-13(18)25-15/h4-5,11H,6-10H2,1-3H3. The Morgan fingerprint density at radius 2 is 1.89 bits per heavy atom. The van der Waals surface area contributed by atoms with Crippen LogP contribution in [0.25, 0.3) is 0 Å². The first-order chi connectivity index (χ1) is 12.7. The molecular formula is C17H22ClN3O3S3. The predicted octanol–water partition coefficient (Wildman–Crippen LogP) is 3.51. The second-order valence-electron chi connectivity index (χ2n) is 6.87. The number of thiophene rings is 1. The third-order valence-electron chi connectivity index (χ3n) is 4.29. The zero-order chi connectivity index (χ0) is 19.8. The minimum Gasteiger partial charge on any atom is -0.335 e. The molecule has 3 heterocycles. The molecule has 3 rings (SSSR count). The summed E-state index contributed by atoms with van der Waals surface area (Å²) in [6.45, 7) is 7.40. The smallest absolute Gasteiger partial charge is 0.265 e. The Labute approximate surface area is 172 Å². The molecule has 0 bridgehead atoms. The van der Waals surface area contributed by atoms with Crippen LogP contribution in [0, 0.1) is 12.8 Å². The van der Waals surface area contributed by atoms with E-state index in [-0.39, 0.29) is 23.2 Å². The van der Waals surface area contributed by atoms with Crippen LogP contribution < -0.4 is 0 Å². The van der Waals surface area contributed by atoms with E-state index < -0.39 is 10.0 Å². The summed E-state index contributed by atoms with van der Waals surface area (Å²) in [5.41, 5.74) is 0.754. The van der Waals surface area contributed by atoms with Gasteiger partial charge in [-0.25, -0.2) is 13.4 Å². The predicted molar refractivity (Wildman–Crippen MR) is 109 cm³/mol. The number of halogens is 1. The third-order valence-corrected chi connectivity index (χ3v) is 9.05. The van der Waals surface area contributed by atoms with Gasteiger partial charge in [0.15, 0.2) is 0 Å². The molecule has 0 aromatic carbocycles. The summed E-state index contributed by atoms with van der Waals surface area (Å²) in [6.07, 6.45) is 0.855. The van der Waals surface area contributed by atoms with Crippen LogP contribution in [0.3, 0.4) is 0 Å². The molecule has 0 atom stereocenters. The molecule has 148 valence electrons. The van der Waals surface area contributed by atoms with Gasteiger partial charge in [-0.1, -0.05) is 25.4 Å². The summed E-state index contributed by atoms with van der Waals surface area (Å²) in [7, 11) is -3.55. The SMILES string of the molecule is Cc1nc(CC(C)C)sc1C(=O)N1CCN(S(=O)(=O)c2ccc(Cl)s2)CC1. The number of carbonyl (C=O) groups excluding carboxylic acids is 1. The van der Waals surface area contributed by atoms with Crippen LogP contribution in [0.4, 0.5) is 0 Å². The lowest BCUT2D eigenvalue weighted by Gasteiger charge is -2.33. The number of nitrogens with zero attached hydrogens (tertiary/aromatic N) is 3. The van der Waals surface area contributed by atoms with E-state index in [4.69, 9.17) is 11.6 Å². The molecule has 6 nitrogen and oxygen atoms in total. The largest absolute Gasteiger partial charge is 0.335 e. The van der Waals surface area contributed by atoms with Crippen LogP contribution in [0.2, 0.25) is 4.34 Å². The number of hydrogen-bond donors (Lipinski definition) is 0. The van der Waals surface area contributed by atoms with E-state index >= 15 is 0 Å². The van der Waals surface area contributed by atoms with E-state index in [2.05, 4.69) is 18.8 Å². The number of amides is 1. The van der Waals surface area contributed by atoms with Crippen molar-refractivity contribution < 1.29 is 13.2 Å². The average molecular weight is 448 g/mol. The fraction of sp³-hybridized carbons (Fsp3) is 0.529. The van der Waals surface area contributed by atoms with E-state index in [0.29, 0.717) is 28.2 Å². The maximum absolute atomic E-state index is 12.9. The van der Waals surface area contributed by atoms with Crippen molar-refractivity contribution in [2.75, 3.05) is 26.2 Å². The molecule has 1 saturated heterocycles. The first-order valence-corrected chi connectivity index (χ1v) is 12.1. The second kappa shape index (κ2) is 8.16. The molecule has 0 radical (unpaired) electrons. The molecule has 2 aromatic rings.